The summed E-state index contributed by atoms with van der Waals surface area (Å²) < 4.78 is 0. The quantitative estimate of drug-likeness (QED) is 0.0161. The Balaban J connectivity index is 1.20. The highest BCUT2D eigenvalue weighted by atomic mass is 16.4. The Morgan fingerprint density at radius 3 is 1.28 bits per heavy atom. The number of aromatic nitrogens is 2. The first-order valence-electron chi connectivity index (χ1n) is 46.1. The van der Waals surface area contributed by atoms with E-state index < -0.39 is 273 Å². The molecule has 0 radical (unpaired) electrons. The molecular weight excluding hydrogens is 1850 g/mol. The number of benzene rings is 3. The number of aliphatic carboxylic acids is 5. The summed E-state index contributed by atoms with van der Waals surface area (Å²) in [5.74, 6) is -27.3. The maximum absolute atomic E-state index is 15.1. The van der Waals surface area contributed by atoms with Crippen LogP contribution in [0.3, 0.4) is 0 Å². The van der Waals surface area contributed by atoms with Crippen LogP contribution in [0, 0.1) is 11.8 Å². The number of hydrogen-bond acceptors (Lipinski definition) is 27. The maximum Gasteiger partial charge on any atom is 0.326 e. The highest BCUT2D eigenvalue weighted by molar-refractivity contribution is 6.03. The number of unbranched alkanes of at least 4 members (excludes halogenated alkanes) is 3. The average molecular weight is 1980 g/mol. The number of likely N-dealkylation sites (tertiary alicyclic amines) is 1. The normalized spacial score (nSPS) is 15.5. The number of nitrogens with zero attached hydrogens (tertiary/aromatic N) is 1. The summed E-state index contributed by atoms with van der Waals surface area (Å²) in [5, 5.41) is 104. The summed E-state index contributed by atoms with van der Waals surface area (Å²) >= 11 is 0. The molecule has 1 aliphatic heterocycles. The first-order chi connectivity index (χ1) is 66.9. The number of carbonyl (C=O) groups excluding carboxylic acids is 16. The summed E-state index contributed by atoms with van der Waals surface area (Å²) in [6.07, 6.45) is -2.55. The van der Waals surface area contributed by atoms with E-state index in [1.54, 1.807) is 82.4 Å². The molecule has 1 fully saturated rings. The lowest BCUT2D eigenvalue weighted by molar-refractivity contribution is -0.147. The standard InChI is InChI=1S/C91H130N22O28/c1-5-47(4)76(112-77(126)54(95)37-72(118)119)89(138)108-63(36-50-43-98-56-20-9-7-18-53(50)56)85(134)105-62(35-49-42-97-55-19-8-6-17-52(49)55)84(133)106-64(39-73(120)121)78(127)99-44-71(117)100-57(21-10-13-29-92)79(128)101-58(22-11-14-30-93)80(129)107-65(40-74(122)123)86(135)104-61(34-48-25-27-51(115)28-26-48)83(132)109-66(38-70(96)116)90(139)113-32-16-24-69(113)88(137)111-68(45-114)87(136)103-60(33-46(2)3)82(131)102-59(23-12-15-31-94)81(130)110-67(91(140)141)41-75(124)125/h6-9,17-20,25-28,42-43,46-47,54,57-69,76,97-98,114-115H,5,10-16,21-24,29-41,44-45,92-95H2,1-4H3,(H2,96,116)(H,99,127)(H,100,117)(H,101,128)(H,102,131)(H,103,136)(H,104,135)(H,105,134)(H,106,133)(H,107,129)(H,108,138)(H,109,132)(H,110,130)(H,111,137)(H,112,126)(H,118,119)(H,120,121)(H,122,123)(H,124,125)(H,140,141)/t47-,54-,57-,58-,59-,60-,61-,62-,63-,64-,65-,66-,67-,68-,69-,76-/m0/s1. The molecule has 5 aromatic rings. The topological polar surface area (TPSA) is 833 Å². The number of nitrogens with two attached hydrogens (primary N) is 5. The van der Waals surface area contributed by atoms with Gasteiger partial charge < -0.3 is 154 Å². The van der Waals surface area contributed by atoms with E-state index in [1.807, 2.05) is 0 Å². The fraction of sp³-hybridized carbons (Fsp3) is 0.527. The first-order valence-corrected chi connectivity index (χ1v) is 46.1. The van der Waals surface area contributed by atoms with Gasteiger partial charge in [0.1, 0.15) is 90.3 Å². The number of amides is 16. The van der Waals surface area contributed by atoms with Crippen LogP contribution in [0.4, 0.5) is 0 Å². The number of aliphatic hydroxyl groups excluding tert-OH is 1. The molecule has 3 heterocycles. The monoisotopic (exact) mass is 1980 g/mol. The van der Waals surface area contributed by atoms with Crippen LogP contribution in [-0.2, 0) is 120 Å². The average Bonchev–Trinajstić information content (AvgIpc) is 1.75. The van der Waals surface area contributed by atoms with Gasteiger partial charge >= 0.3 is 29.8 Å². The Bertz CT molecular complexity index is 5220. The fourth-order valence-corrected chi connectivity index (χ4v) is 15.5. The third kappa shape index (κ3) is 37.5. The minimum atomic E-state index is -2.14. The zero-order chi connectivity index (χ0) is 104. The Kier molecular flexibility index (Phi) is 46.9. The van der Waals surface area contributed by atoms with Gasteiger partial charge in [-0.2, -0.15) is 0 Å². The van der Waals surface area contributed by atoms with Gasteiger partial charge in [-0.25, -0.2) is 4.79 Å². The van der Waals surface area contributed by atoms with Gasteiger partial charge in [0.2, 0.25) is 94.5 Å². The van der Waals surface area contributed by atoms with Gasteiger partial charge in [-0.3, -0.25) is 95.9 Å². The highest BCUT2D eigenvalue weighted by Crippen LogP contribution is 2.25. The Morgan fingerprint density at radius 1 is 0.426 bits per heavy atom. The number of H-pyrrole nitrogens is 2. The molecule has 0 bridgehead atoms. The van der Waals surface area contributed by atoms with Crippen LogP contribution in [-0.4, -0.2) is 305 Å². The fourth-order valence-electron chi connectivity index (χ4n) is 15.5. The number of phenolic OH excluding ortho intramolecular Hbond substituents is 1. The molecule has 50 nitrogen and oxygen atoms in total. The molecule has 141 heavy (non-hydrogen) atoms. The largest absolute Gasteiger partial charge is 0.508 e. The van der Waals surface area contributed by atoms with Gasteiger partial charge in [-0.05, 0) is 149 Å². The van der Waals surface area contributed by atoms with Gasteiger partial charge in [0, 0.05) is 60.0 Å². The van der Waals surface area contributed by atoms with Gasteiger partial charge in [-0.1, -0.05) is 82.6 Å². The van der Waals surface area contributed by atoms with Gasteiger partial charge in [-0.15, -0.1) is 0 Å². The summed E-state index contributed by atoms with van der Waals surface area (Å²) in [4.78, 5) is 295. The molecular formula is C91H130N22O28. The van der Waals surface area contributed by atoms with Crippen molar-refractivity contribution < 1.29 is 136 Å². The molecule has 772 valence electrons. The van der Waals surface area contributed by atoms with Crippen molar-refractivity contribution in [2.24, 2.45) is 40.5 Å². The summed E-state index contributed by atoms with van der Waals surface area (Å²) in [5.41, 5.74) is 31.1. The van der Waals surface area contributed by atoms with Gasteiger partial charge in [0.25, 0.3) is 0 Å². The smallest absolute Gasteiger partial charge is 0.326 e. The van der Waals surface area contributed by atoms with Crippen molar-refractivity contribution >= 4 is 146 Å². The van der Waals surface area contributed by atoms with E-state index in [0.29, 0.717) is 39.4 Å². The van der Waals surface area contributed by atoms with Crippen LogP contribution in [0.5, 0.6) is 5.75 Å². The van der Waals surface area contributed by atoms with Crippen molar-refractivity contribution in [3.05, 3.63) is 102 Å². The number of hydrogen-bond donors (Lipinski definition) is 28. The van der Waals surface area contributed by atoms with Crippen LogP contribution >= 0.6 is 0 Å². The molecule has 50 heteroatoms. The van der Waals surface area contributed by atoms with E-state index >= 15 is 4.79 Å². The van der Waals surface area contributed by atoms with E-state index in [9.17, 15) is 132 Å². The van der Waals surface area contributed by atoms with E-state index in [1.165, 1.54) is 30.5 Å². The van der Waals surface area contributed by atoms with Crippen LogP contribution in [0.15, 0.2) is 85.2 Å². The number of aromatic amines is 2. The molecule has 2 aromatic heterocycles. The second-order valence-corrected chi connectivity index (χ2v) is 34.7. The summed E-state index contributed by atoms with van der Waals surface area (Å²) in [7, 11) is 0. The van der Waals surface area contributed by atoms with E-state index in [2.05, 4.69) is 84.4 Å². The lowest BCUT2D eigenvalue weighted by Crippen LogP contribution is -2.61. The van der Waals surface area contributed by atoms with Crippen molar-refractivity contribution in [3.8, 4) is 5.75 Å². The minimum Gasteiger partial charge on any atom is -0.508 e. The predicted octanol–water partition coefficient (Wildman–Crippen LogP) is -5.55. The number of aromatic hydroxyl groups is 1. The van der Waals surface area contributed by atoms with Crippen LogP contribution < -0.4 is 103 Å². The van der Waals surface area contributed by atoms with Gasteiger partial charge in [0.15, 0.2) is 0 Å². The van der Waals surface area contributed by atoms with Gasteiger partial charge in [0.05, 0.1) is 51.3 Å². The second-order valence-electron chi connectivity index (χ2n) is 34.7. The number of nitrogens with one attached hydrogen (secondary N) is 16. The molecule has 1 aliphatic rings. The van der Waals surface area contributed by atoms with Crippen molar-refractivity contribution in [1.82, 2.24) is 89.3 Å². The zero-order valence-electron chi connectivity index (χ0n) is 78.5. The third-order valence-electron chi connectivity index (χ3n) is 23.2. The van der Waals surface area contributed by atoms with Crippen LogP contribution in [0.1, 0.15) is 160 Å². The molecule has 0 spiro atoms. The molecule has 0 saturated carbocycles. The SMILES string of the molecule is CC[C@H](C)[C@H](NC(=O)[C@@H](N)CC(=O)O)C(=O)N[C@@H](Cc1c[nH]c2ccccc12)C(=O)N[C@@H](Cc1c[nH]c2ccccc12)C(=O)N[C@@H](CC(=O)O)C(=O)NCC(=O)N[C@@H](CCCCN)C(=O)N[C@@H](CCCCN)C(=O)N[C@@H](CC(=O)O)C(=O)N[C@@H](Cc1ccc(O)cc1)C(=O)N[C@@H](CC(N)=O)C(=O)N1CCC[C@H]1C(=O)N[C@@H](CO)C(=O)N[C@@H](CC(C)C)C(=O)N[C@@H](CCCCN)C(=O)N[C@@H](CC(=O)O)C(=O)O. The number of para-hydroxylation sites is 2. The van der Waals surface area contributed by atoms with E-state index in [-0.39, 0.29) is 133 Å². The minimum absolute atomic E-state index is 0.0408. The maximum atomic E-state index is 15.1. The van der Waals surface area contributed by atoms with Crippen molar-refractivity contribution in [2.45, 2.75) is 253 Å². The molecule has 16 amide bonds. The number of primary amides is 1. The molecule has 0 unspecified atom stereocenters. The third-order valence-corrected chi connectivity index (χ3v) is 23.2. The molecule has 3 aromatic carbocycles. The zero-order valence-corrected chi connectivity index (χ0v) is 78.5. The molecule has 16 atom stereocenters. The Labute approximate surface area is 809 Å². The first kappa shape index (κ1) is 115. The van der Waals surface area contributed by atoms with Crippen LogP contribution in [0.25, 0.3) is 21.8 Å². The Hall–Kier alpha value is -14.8. The van der Waals surface area contributed by atoms with Crippen molar-refractivity contribution in [1.29, 1.82) is 0 Å². The highest BCUT2D eigenvalue weighted by Gasteiger charge is 2.44. The Morgan fingerprint density at radius 2 is 0.823 bits per heavy atom. The van der Waals surface area contributed by atoms with Crippen molar-refractivity contribution in [2.75, 3.05) is 39.3 Å². The lowest BCUT2D eigenvalue weighted by atomic mass is 9.96. The predicted molar refractivity (Wildman–Crippen MR) is 502 cm³/mol. The molecule has 0 aliphatic carbocycles. The number of fused-ring (bicyclic) bond motifs is 2. The molecule has 1 saturated heterocycles. The molecule has 6 rings (SSSR count). The second kappa shape index (κ2) is 57.6. The number of carbonyl (C=O) groups is 21. The lowest BCUT2D eigenvalue weighted by Gasteiger charge is -2.31. The van der Waals surface area contributed by atoms with E-state index in [0.717, 1.165) is 4.90 Å². The molecule has 33 N–H and O–H groups in total. The number of phenols is 1. The van der Waals surface area contributed by atoms with Crippen molar-refractivity contribution in [3.63, 3.8) is 0 Å². The number of aliphatic hydroxyl groups is 1. The number of rotatable bonds is 63. The van der Waals surface area contributed by atoms with E-state index in [4.69, 9.17) is 28.7 Å². The summed E-state index contributed by atoms with van der Waals surface area (Å²) in [6, 6.07) is -7.11. The number of carboxylic acids is 5. The number of carboxylic acid groups (broad SMARTS) is 5. The summed E-state index contributed by atoms with van der Waals surface area (Å²) in [6.45, 7) is 4.50. The van der Waals surface area contributed by atoms with Crippen LogP contribution in [0.2, 0.25) is 0 Å².